The van der Waals surface area contributed by atoms with Gasteiger partial charge in [-0.15, -0.1) is 13.2 Å². The third-order valence-electron chi connectivity index (χ3n) is 4.36. The molecule has 0 aliphatic rings. The minimum atomic E-state index is -4.79. The first-order valence-electron chi connectivity index (χ1n) is 9.31. The average Bonchev–Trinajstić information content (AvgIpc) is 2.68. The summed E-state index contributed by atoms with van der Waals surface area (Å²) in [5.74, 6) is -2.66. The van der Waals surface area contributed by atoms with E-state index >= 15 is 0 Å². The maximum atomic E-state index is 14.4. The van der Waals surface area contributed by atoms with E-state index in [1.54, 1.807) is 0 Å². The Morgan fingerprint density at radius 2 is 1.33 bits per heavy atom. The molecular formula is C23H19F5O2. The zero-order valence-electron chi connectivity index (χ0n) is 16.1. The van der Waals surface area contributed by atoms with Crippen LogP contribution in [0.1, 0.15) is 24.5 Å². The van der Waals surface area contributed by atoms with Gasteiger partial charge in [-0.2, -0.15) is 0 Å². The monoisotopic (exact) mass is 422 g/mol. The third kappa shape index (κ3) is 5.72. The van der Waals surface area contributed by atoms with Gasteiger partial charge in [0.2, 0.25) is 0 Å². The van der Waals surface area contributed by atoms with E-state index in [4.69, 9.17) is 4.74 Å². The van der Waals surface area contributed by atoms with Gasteiger partial charge >= 0.3 is 6.36 Å². The first-order valence-corrected chi connectivity index (χ1v) is 9.31. The van der Waals surface area contributed by atoms with Crippen molar-refractivity contribution in [2.24, 2.45) is 0 Å². The van der Waals surface area contributed by atoms with Crippen molar-refractivity contribution in [1.29, 1.82) is 0 Å². The van der Waals surface area contributed by atoms with Crippen molar-refractivity contribution < 1.29 is 31.4 Å². The molecule has 3 rings (SSSR count). The minimum Gasteiger partial charge on any atom is -0.483 e. The van der Waals surface area contributed by atoms with E-state index in [1.807, 2.05) is 24.3 Å². The number of ether oxygens (including phenoxy) is 2. The van der Waals surface area contributed by atoms with Crippen molar-refractivity contribution >= 4 is 0 Å². The largest absolute Gasteiger partial charge is 0.573 e. The molecule has 0 aromatic heterocycles. The molecule has 3 aromatic rings. The van der Waals surface area contributed by atoms with Gasteiger partial charge in [-0.05, 0) is 52.9 Å². The lowest BCUT2D eigenvalue weighted by molar-refractivity contribution is -0.274. The van der Waals surface area contributed by atoms with Crippen LogP contribution in [0.3, 0.4) is 0 Å². The van der Waals surface area contributed by atoms with E-state index in [2.05, 4.69) is 11.7 Å². The molecule has 2 nitrogen and oxygen atoms in total. The lowest BCUT2D eigenvalue weighted by Gasteiger charge is -2.12. The van der Waals surface area contributed by atoms with Crippen LogP contribution >= 0.6 is 0 Å². The summed E-state index contributed by atoms with van der Waals surface area (Å²) >= 11 is 0. The normalized spacial score (nSPS) is 11.4. The number of hydrogen-bond donors (Lipinski definition) is 0. The Bertz CT molecular complexity index is 957. The van der Waals surface area contributed by atoms with Crippen LogP contribution in [0, 0.1) is 11.6 Å². The molecule has 0 aliphatic heterocycles. The van der Waals surface area contributed by atoms with Crippen LogP contribution < -0.4 is 9.47 Å². The summed E-state index contributed by atoms with van der Waals surface area (Å²) in [5.41, 5.74) is 2.64. The molecule has 7 heteroatoms. The first-order chi connectivity index (χ1) is 14.2. The van der Waals surface area contributed by atoms with E-state index < -0.39 is 29.5 Å². The van der Waals surface area contributed by atoms with Crippen LogP contribution in [-0.2, 0) is 13.0 Å². The van der Waals surface area contributed by atoms with Crippen LogP contribution in [0.2, 0.25) is 0 Å². The predicted molar refractivity (Wildman–Crippen MR) is 103 cm³/mol. The Morgan fingerprint density at radius 3 is 1.87 bits per heavy atom. The molecule has 0 atom stereocenters. The number of halogens is 5. The maximum Gasteiger partial charge on any atom is 0.573 e. The standard InChI is InChI=1S/C23H19F5O2/c1-2-3-15-4-8-17(9-5-15)18-12-20(24)22(21(25)13-18)29-14-16-6-10-19(11-7-16)30-23(26,27)28/h4-13H,2-3,14H2,1H3. The quantitative estimate of drug-likeness (QED) is 0.380. The Hall–Kier alpha value is -3.09. The summed E-state index contributed by atoms with van der Waals surface area (Å²) in [7, 11) is 0. The molecule has 0 radical (unpaired) electrons. The van der Waals surface area contributed by atoms with E-state index in [9.17, 15) is 22.0 Å². The van der Waals surface area contributed by atoms with Gasteiger partial charge < -0.3 is 9.47 Å². The van der Waals surface area contributed by atoms with Gasteiger partial charge in [-0.3, -0.25) is 0 Å². The molecule has 0 amide bonds. The zero-order chi connectivity index (χ0) is 21.7. The van der Waals surface area contributed by atoms with Gasteiger partial charge in [0.15, 0.2) is 17.4 Å². The van der Waals surface area contributed by atoms with Gasteiger partial charge in [-0.25, -0.2) is 8.78 Å². The highest BCUT2D eigenvalue weighted by atomic mass is 19.4. The van der Waals surface area contributed by atoms with Crippen LogP contribution in [0.15, 0.2) is 60.7 Å². The molecule has 30 heavy (non-hydrogen) atoms. The van der Waals surface area contributed by atoms with Crippen molar-refractivity contribution in [1.82, 2.24) is 0 Å². The summed E-state index contributed by atoms with van der Waals surface area (Å²) in [6.45, 7) is 1.85. The average molecular weight is 422 g/mol. The summed E-state index contributed by atoms with van der Waals surface area (Å²) in [5, 5.41) is 0. The van der Waals surface area contributed by atoms with Crippen molar-refractivity contribution in [3.8, 4) is 22.6 Å². The van der Waals surface area contributed by atoms with E-state index in [0.717, 1.165) is 30.5 Å². The fourth-order valence-electron chi connectivity index (χ4n) is 2.96. The van der Waals surface area contributed by atoms with Gasteiger partial charge in [0.05, 0.1) is 0 Å². The molecular weight excluding hydrogens is 403 g/mol. The predicted octanol–water partition coefficient (Wildman–Crippen LogP) is 7.06. The van der Waals surface area contributed by atoms with Gasteiger partial charge in [0.25, 0.3) is 0 Å². The molecule has 0 bridgehead atoms. The summed E-state index contributed by atoms with van der Waals surface area (Å²) in [6, 6.07) is 14.7. The molecule has 3 aromatic carbocycles. The second-order valence-electron chi connectivity index (χ2n) is 6.70. The fourth-order valence-corrected chi connectivity index (χ4v) is 2.96. The molecule has 0 unspecified atom stereocenters. The van der Waals surface area contributed by atoms with Crippen LogP contribution in [-0.4, -0.2) is 6.36 Å². The molecule has 158 valence electrons. The smallest absolute Gasteiger partial charge is 0.483 e. The molecule has 0 saturated heterocycles. The highest BCUT2D eigenvalue weighted by Gasteiger charge is 2.30. The van der Waals surface area contributed by atoms with Crippen molar-refractivity contribution in [3.05, 3.63) is 83.4 Å². The Kier molecular flexibility index (Phi) is 6.59. The Morgan fingerprint density at radius 1 is 0.767 bits per heavy atom. The zero-order valence-corrected chi connectivity index (χ0v) is 16.1. The van der Waals surface area contributed by atoms with Crippen LogP contribution in [0.5, 0.6) is 11.5 Å². The number of benzene rings is 3. The van der Waals surface area contributed by atoms with E-state index in [1.165, 1.54) is 24.3 Å². The van der Waals surface area contributed by atoms with Gasteiger partial charge in [-0.1, -0.05) is 49.7 Å². The van der Waals surface area contributed by atoms with E-state index in [0.29, 0.717) is 16.7 Å². The SMILES string of the molecule is CCCc1ccc(-c2cc(F)c(OCc3ccc(OC(F)(F)F)cc3)c(F)c2)cc1. The second-order valence-corrected chi connectivity index (χ2v) is 6.70. The number of aryl methyl sites for hydroxylation is 1. The first kappa shape index (κ1) is 21.6. The summed E-state index contributed by atoms with van der Waals surface area (Å²) < 4.78 is 74.4. The lowest BCUT2D eigenvalue weighted by Crippen LogP contribution is -2.17. The Labute approximate surface area is 170 Å². The fraction of sp³-hybridized carbons (Fsp3) is 0.217. The highest BCUT2D eigenvalue weighted by Crippen LogP contribution is 2.30. The molecule has 0 fully saturated rings. The van der Waals surface area contributed by atoms with Crippen molar-refractivity contribution in [2.75, 3.05) is 0 Å². The Balaban J connectivity index is 1.70. The van der Waals surface area contributed by atoms with Crippen molar-refractivity contribution in [3.63, 3.8) is 0 Å². The molecule has 0 spiro atoms. The number of hydrogen-bond acceptors (Lipinski definition) is 2. The number of rotatable bonds is 7. The topological polar surface area (TPSA) is 18.5 Å². The molecule has 0 N–H and O–H groups in total. The second kappa shape index (κ2) is 9.15. The van der Waals surface area contributed by atoms with Gasteiger partial charge in [0.1, 0.15) is 12.4 Å². The molecule has 0 aliphatic carbocycles. The van der Waals surface area contributed by atoms with Crippen LogP contribution in [0.4, 0.5) is 22.0 Å². The summed E-state index contributed by atoms with van der Waals surface area (Å²) in [6.07, 6.45) is -2.85. The van der Waals surface area contributed by atoms with Crippen molar-refractivity contribution in [2.45, 2.75) is 32.7 Å². The van der Waals surface area contributed by atoms with Gasteiger partial charge in [0, 0.05) is 0 Å². The maximum absolute atomic E-state index is 14.4. The number of alkyl halides is 3. The summed E-state index contributed by atoms with van der Waals surface area (Å²) in [4.78, 5) is 0. The molecule has 0 saturated carbocycles. The third-order valence-corrected chi connectivity index (χ3v) is 4.36. The molecule has 0 heterocycles. The lowest BCUT2D eigenvalue weighted by atomic mass is 10.0. The highest BCUT2D eigenvalue weighted by molar-refractivity contribution is 5.65. The minimum absolute atomic E-state index is 0.217. The van der Waals surface area contributed by atoms with E-state index in [-0.39, 0.29) is 6.61 Å². The van der Waals surface area contributed by atoms with Crippen LogP contribution in [0.25, 0.3) is 11.1 Å².